The predicted molar refractivity (Wildman–Crippen MR) is 323 cm³/mol. The van der Waals surface area contributed by atoms with Crippen molar-refractivity contribution in [2.45, 2.75) is 291 Å². The molecule has 3 heterocycles. The Hall–Kier alpha value is -3.03. The molecule has 0 aliphatic carbocycles. The molecule has 0 aromatic heterocycles. The average Bonchev–Trinajstić information content (AvgIpc) is 2.79. The molecular weight excluding hydrogens is 1080 g/mol. The van der Waals surface area contributed by atoms with E-state index in [1.54, 1.807) is 6.08 Å². The number of nitrogens with one attached hydrogen (secondary N) is 1. The fraction of sp³-hybridized carbons (Fsp3) is 0.769. The lowest BCUT2D eigenvalue weighted by atomic mass is 9.96. The summed E-state index contributed by atoms with van der Waals surface area (Å²) in [5, 5.41) is 120. The number of amides is 1. The molecule has 84 heavy (non-hydrogen) atoms. The van der Waals surface area contributed by atoms with E-state index in [0.29, 0.717) is 12.8 Å². The molecule has 484 valence electrons. The maximum atomic E-state index is 13.3. The Balaban J connectivity index is 1.51. The molecule has 0 aromatic rings. The van der Waals surface area contributed by atoms with Crippen molar-refractivity contribution in [3.05, 3.63) is 85.1 Å². The molecule has 0 aromatic carbocycles. The quantitative estimate of drug-likeness (QED) is 0.0221. The monoisotopic (exact) mass is 1190 g/mol. The van der Waals surface area contributed by atoms with Gasteiger partial charge in [0, 0.05) is 6.42 Å². The normalized spacial score (nSPS) is 29.8. The molecule has 19 heteroatoms. The lowest BCUT2D eigenvalue weighted by Crippen LogP contribution is -2.66. The van der Waals surface area contributed by atoms with Crippen molar-refractivity contribution in [2.24, 2.45) is 0 Å². The number of allylic oxidation sites excluding steroid dienone is 13. The van der Waals surface area contributed by atoms with Crippen molar-refractivity contribution in [1.29, 1.82) is 0 Å². The fourth-order valence-electron chi connectivity index (χ4n) is 10.3. The number of rotatable bonds is 46. The number of carbonyl (C=O) groups excluding carboxylic acids is 1. The lowest BCUT2D eigenvalue weighted by Gasteiger charge is -2.48. The van der Waals surface area contributed by atoms with Gasteiger partial charge in [-0.2, -0.15) is 0 Å². The third kappa shape index (κ3) is 29.8. The maximum Gasteiger partial charge on any atom is 0.220 e. The molecule has 17 unspecified atom stereocenters. The van der Waals surface area contributed by atoms with Crippen molar-refractivity contribution in [3.8, 4) is 0 Å². The van der Waals surface area contributed by atoms with Gasteiger partial charge in [-0.25, -0.2) is 0 Å². The second-order valence-electron chi connectivity index (χ2n) is 22.5. The molecule has 19 nitrogen and oxygen atoms in total. The molecule has 0 bridgehead atoms. The van der Waals surface area contributed by atoms with E-state index in [-0.39, 0.29) is 18.9 Å². The van der Waals surface area contributed by atoms with Gasteiger partial charge in [-0.3, -0.25) is 4.79 Å². The second kappa shape index (κ2) is 47.0. The summed E-state index contributed by atoms with van der Waals surface area (Å²) in [5.41, 5.74) is 0. The zero-order chi connectivity index (χ0) is 61.2. The summed E-state index contributed by atoms with van der Waals surface area (Å²) in [6.07, 6.45) is 31.4. The van der Waals surface area contributed by atoms with Gasteiger partial charge >= 0.3 is 0 Å². The number of hydrogen-bond acceptors (Lipinski definition) is 18. The van der Waals surface area contributed by atoms with E-state index in [9.17, 15) is 61.0 Å². The van der Waals surface area contributed by atoms with Crippen LogP contribution in [-0.4, -0.2) is 193 Å². The molecule has 3 aliphatic rings. The number of carbonyl (C=O) groups is 1. The van der Waals surface area contributed by atoms with Crippen LogP contribution in [0.3, 0.4) is 0 Å². The van der Waals surface area contributed by atoms with Crippen molar-refractivity contribution in [3.63, 3.8) is 0 Å². The van der Waals surface area contributed by atoms with Gasteiger partial charge in [0.05, 0.1) is 38.6 Å². The predicted octanol–water partition coefficient (Wildman–Crippen LogP) is 6.76. The highest BCUT2D eigenvalue weighted by Gasteiger charge is 2.53. The number of aliphatic hydroxyl groups is 11. The minimum atomic E-state index is -1.99. The van der Waals surface area contributed by atoms with Crippen LogP contribution in [0.25, 0.3) is 0 Å². The van der Waals surface area contributed by atoms with E-state index >= 15 is 0 Å². The van der Waals surface area contributed by atoms with Crippen molar-refractivity contribution < 1.29 is 89.4 Å². The van der Waals surface area contributed by atoms with Crippen molar-refractivity contribution >= 4 is 5.91 Å². The minimum absolute atomic E-state index is 0.114. The maximum absolute atomic E-state index is 13.3. The van der Waals surface area contributed by atoms with Crippen molar-refractivity contribution in [1.82, 2.24) is 5.32 Å². The first-order valence-electron chi connectivity index (χ1n) is 31.8. The molecule has 12 N–H and O–H groups in total. The smallest absolute Gasteiger partial charge is 0.220 e. The van der Waals surface area contributed by atoms with Crippen LogP contribution in [0.2, 0.25) is 0 Å². The Kier molecular flexibility index (Phi) is 42.1. The van der Waals surface area contributed by atoms with Crippen LogP contribution in [0.15, 0.2) is 85.1 Å². The molecule has 3 saturated heterocycles. The SMILES string of the molecule is CC/C=C\C/C=C\C/C=C\C/C=C\C/C=C\C/C=C\CCC(=O)NC(COC1OC(CO)C(OC2OC(CO)C(OC3OC(CO)C(O)C(O)C3O)C(O)C2O)C(O)C1O)C(O)/C=C/CCCCCCCCCCCCCCCCCCCC. The first-order chi connectivity index (χ1) is 40.8. The molecule has 3 rings (SSSR count). The standard InChI is InChI=1S/C65H111NO18/c1-3-5-7-9-11-13-15-17-19-21-23-25-26-28-30-32-34-36-38-40-42-49(70)48(66-53(71)43-41-39-37-35-33-31-29-27-24-22-20-18-16-14-12-10-8-6-4-2)47-79-63-59(77)56(74)61(51(45-68)81-63)84-65-60(78)57(75)62(52(46-69)82-65)83-64-58(76)55(73)54(72)50(44-67)80-64/h6,8,12,14,18,20,24,27,31,33,37,39-40,42,48-52,54-65,67-70,72-78H,3-5,7,9-11,13,15-17,19,21-23,25-26,28-30,32,34-36,38,41,43-47H2,1-2H3,(H,66,71)/b8-6-,14-12-,20-18-,27-24-,33-31-,39-37-,42-40+. The highest BCUT2D eigenvalue weighted by atomic mass is 16.8. The number of ether oxygens (including phenoxy) is 6. The van der Waals surface area contributed by atoms with Gasteiger partial charge in [-0.1, -0.05) is 208 Å². The largest absolute Gasteiger partial charge is 0.394 e. The molecule has 0 spiro atoms. The number of aliphatic hydroxyl groups excluding tert-OH is 11. The van der Waals surface area contributed by atoms with Gasteiger partial charge in [0.15, 0.2) is 18.9 Å². The number of hydrogen-bond donors (Lipinski definition) is 12. The van der Waals surface area contributed by atoms with Crippen LogP contribution in [-0.2, 0) is 33.2 Å². The van der Waals surface area contributed by atoms with Crippen LogP contribution < -0.4 is 5.32 Å². The first-order valence-corrected chi connectivity index (χ1v) is 31.8. The molecule has 1 amide bonds. The summed E-state index contributed by atoms with van der Waals surface area (Å²) in [5.74, 6) is -0.360. The van der Waals surface area contributed by atoms with Crippen LogP contribution >= 0.6 is 0 Å². The van der Waals surface area contributed by atoms with E-state index < -0.39 is 124 Å². The molecule has 0 saturated carbocycles. The van der Waals surface area contributed by atoms with Crippen molar-refractivity contribution in [2.75, 3.05) is 26.4 Å². The summed E-state index contributed by atoms with van der Waals surface area (Å²) in [4.78, 5) is 13.3. The molecule has 0 radical (unpaired) electrons. The average molecular weight is 1190 g/mol. The van der Waals surface area contributed by atoms with E-state index in [0.717, 1.165) is 57.8 Å². The zero-order valence-electron chi connectivity index (χ0n) is 50.6. The molecule has 17 atom stereocenters. The van der Waals surface area contributed by atoms with Crippen LogP contribution in [0.5, 0.6) is 0 Å². The summed E-state index contributed by atoms with van der Waals surface area (Å²) in [6.45, 7) is 1.55. The first kappa shape index (κ1) is 75.2. The summed E-state index contributed by atoms with van der Waals surface area (Å²) in [7, 11) is 0. The third-order valence-corrected chi connectivity index (χ3v) is 15.5. The summed E-state index contributed by atoms with van der Waals surface area (Å²) >= 11 is 0. The van der Waals surface area contributed by atoms with E-state index in [4.69, 9.17) is 28.4 Å². The van der Waals surface area contributed by atoms with Crippen LogP contribution in [0, 0.1) is 0 Å². The topological polar surface area (TPSA) is 307 Å². The minimum Gasteiger partial charge on any atom is -0.394 e. The Labute approximate surface area is 501 Å². The Morgan fingerprint density at radius 1 is 0.440 bits per heavy atom. The van der Waals surface area contributed by atoms with E-state index in [1.165, 1.54) is 96.3 Å². The lowest BCUT2D eigenvalue weighted by molar-refractivity contribution is -0.379. The second-order valence-corrected chi connectivity index (χ2v) is 22.5. The third-order valence-electron chi connectivity index (χ3n) is 15.5. The Bertz CT molecular complexity index is 1860. The fourth-order valence-corrected chi connectivity index (χ4v) is 10.3. The number of unbranched alkanes of at least 4 members (excludes halogenated alkanes) is 18. The van der Waals surface area contributed by atoms with Crippen LogP contribution in [0.1, 0.15) is 187 Å². The highest BCUT2D eigenvalue weighted by molar-refractivity contribution is 5.76. The molecular formula is C65H111NO18. The van der Waals surface area contributed by atoms with E-state index in [1.807, 2.05) is 18.2 Å². The Morgan fingerprint density at radius 3 is 1.26 bits per heavy atom. The van der Waals surface area contributed by atoms with E-state index in [2.05, 4.69) is 79.9 Å². The van der Waals surface area contributed by atoms with Gasteiger partial charge in [-0.15, -0.1) is 0 Å². The van der Waals surface area contributed by atoms with Gasteiger partial charge in [0.2, 0.25) is 5.91 Å². The zero-order valence-corrected chi connectivity index (χ0v) is 50.6. The van der Waals surface area contributed by atoms with Gasteiger partial charge in [-0.05, 0) is 57.8 Å². The summed E-state index contributed by atoms with van der Waals surface area (Å²) in [6, 6.07) is -1.02. The Morgan fingerprint density at radius 2 is 0.821 bits per heavy atom. The van der Waals surface area contributed by atoms with Gasteiger partial charge in [0.1, 0.15) is 73.2 Å². The molecule has 3 fully saturated rings. The summed E-state index contributed by atoms with van der Waals surface area (Å²) < 4.78 is 34.2. The van der Waals surface area contributed by atoms with Gasteiger partial charge < -0.3 is 89.9 Å². The van der Waals surface area contributed by atoms with Gasteiger partial charge in [0.25, 0.3) is 0 Å². The highest BCUT2D eigenvalue weighted by Crippen LogP contribution is 2.33. The van der Waals surface area contributed by atoms with Crippen LogP contribution in [0.4, 0.5) is 0 Å². The molecule has 3 aliphatic heterocycles.